The molecule has 0 unspecified atom stereocenters. The quantitative estimate of drug-likeness (QED) is 0.165. The highest BCUT2D eigenvalue weighted by atomic mass is 32.2. The van der Waals surface area contributed by atoms with Gasteiger partial charge in [-0.15, -0.1) is 0 Å². The molecule has 0 heterocycles. The van der Waals surface area contributed by atoms with Crippen LogP contribution in [-0.4, -0.2) is 40.0 Å². The molecule has 2 aliphatic rings. The molecule has 0 radical (unpaired) electrons. The highest BCUT2D eigenvalue weighted by Gasteiger charge is 2.39. The third kappa shape index (κ3) is 6.20. The molecule has 284 valence electrons. The van der Waals surface area contributed by atoms with Gasteiger partial charge in [0, 0.05) is 33.4 Å². The third-order valence-corrected chi connectivity index (χ3v) is 12.5. The van der Waals surface area contributed by atoms with E-state index >= 15 is 0 Å². The lowest BCUT2D eigenvalue weighted by Crippen LogP contribution is -2.27. The minimum absolute atomic E-state index is 0.00170. The van der Waals surface area contributed by atoms with Gasteiger partial charge < -0.3 is 0 Å². The Morgan fingerprint density at radius 1 is 0.421 bits per heavy atom. The van der Waals surface area contributed by atoms with E-state index in [1.807, 2.05) is 0 Å². The van der Waals surface area contributed by atoms with Crippen molar-refractivity contribution in [2.24, 2.45) is 0 Å². The second-order valence-corrected chi connectivity index (χ2v) is 16.6. The summed E-state index contributed by atoms with van der Waals surface area (Å²) in [7, 11) is -8.97. The van der Waals surface area contributed by atoms with E-state index in [0.717, 1.165) is 17.7 Å². The number of alkyl halides is 3. The maximum atomic E-state index is 14.4. The SMILES string of the molecule is Cc1ccc(S(=O)(=O)Nc2ccc(-c3ccc(NS(=O)(=O)c4ccc(C(F)(F)F)cc4)c4c3C(=O)c3ccccc3C4=O)c3c2C(=O)c2ccccc2C3=O)cc1. The fourth-order valence-corrected chi connectivity index (χ4v) is 9.16. The molecule has 0 bridgehead atoms. The summed E-state index contributed by atoms with van der Waals surface area (Å²) >= 11 is 0. The fourth-order valence-electron chi connectivity index (χ4n) is 7.01. The van der Waals surface area contributed by atoms with Crippen molar-refractivity contribution >= 4 is 54.6 Å². The average molecular weight is 807 g/mol. The first-order chi connectivity index (χ1) is 27.0. The van der Waals surface area contributed by atoms with Crippen LogP contribution in [0.4, 0.5) is 24.5 Å². The first-order valence-corrected chi connectivity index (χ1v) is 20.0. The van der Waals surface area contributed by atoms with Crippen LogP contribution in [0.15, 0.2) is 131 Å². The molecule has 0 fully saturated rings. The smallest absolute Gasteiger partial charge is 0.289 e. The second-order valence-electron chi connectivity index (χ2n) is 13.3. The molecule has 2 aliphatic carbocycles. The lowest BCUT2D eigenvalue weighted by atomic mass is 9.76. The molecule has 8 rings (SSSR count). The van der Waals surface area contributed by atoms with Crippen molar-refractivity contribution in [2.75, 3.05) is 9.44 Å². The molecule has 0 saturated carbocycles. The Bertz CT molecular complexity index is 3000. The van der Waals surface area contributed by atoms with Crippen molar-refractivity contribution in [2.45, 2.75) is 22.9 Å². The van der Waals surface area contributed by atoms with E-state index in [-0.39, 0.29) is 66.3 Å². The lowest BCUT2D eigenvalue weighted by Gasteiger charge is -2.27. The summed E-state index contributed by atoms with van der Waals surface area (Å²) in [4.78, 5) is 56.7. The Kier molecular flexibility index (Phi) is 8.63. The first kappa shape index (κ1) is 37.2. The summed E-state index contributed by atoms with van der Waals surface area (Å²) < 4.78 is 98.7. The molecular formula is C42H25F3N2O8S2. The topological polar surface area (TPSA) is 161 Å². The van der Waals surface area contributed by atoms with E-state index < -0.39 is 65.4 Å². The molecule has 0 aromatic heterocycles. The van der Waals surface area contributed by atoms with Gasteiger partial charge in [-0.3, -0.25) is 28.6 Å². The zero-order chi connectivity index (χ0) is 40.6. The summed E-state index contributed by atoms with van der Waals surface area (Å²) in [6, 6.07) is 25.3. The van der Waals surface area contributed by atoms with Crippen molar-refractivity contribution in [3.8, 4) is 11.1 Å². The van der Waals surface area contributed by atoms with E-state index in [1.54, 1.807) is 19.1 Å². The Balaban J connectivity index is 1.34. The molecule has 0 aliphatic heterocycles. The minimum Gasteiger partial charge on any atom is -0.289 e. The number of nitrogens with one attached hydrogen (secondary N) is 2. The van der Waals surface area contributed by atoms with E-state index in [9.17, 15) is 49.2 Å². The van der Waals surface area contributed by atoms with Crippen LogP contribution < -0.4 is 9.44 Å². The molecule has 15 heteroatoms. The lowest BCUT2D eigenvalue weighted by molar-refractivity contribution is -0.137. The zero-order valence-electron chi connectivity index (χ0n) is 29.3. The molecule has 6 aromatic carbocycles. The Hall–Kier alpha value is -6.71. The Labute approximate surface area is 323 Å². The number of carbonyl (C=O) groups is 4. The molecular weight excluding hydrogens is 782 g/mol. The maximum absolute atomic E-state index is 14.4. The molecule has 0 atom stereocenters. The van der Waals surface area contributed by atoms with E-state index in [1.165, 1.54) is 84.9 Å². The van der Waals surface area contributed by atoms with Gasteiger partial charge in [-0.25, -0.2) is 16.8 Å². The number of aryl methyl sites for hydroxylation is 1. The number of fused-ring (bicyclic) bond motifs is 4. The van der Waals surface area contributed by atoms with Gasteiger partial charge in [-0.1, -0.05) is 78.4 Å². The molecule has 57 heavy (non-hydrogen) atoms. The number of rotatable bonds is 7. The Morgan fingerprint density at radius 2 is 0.754 bits per heavy atom. The number of benzene rings is 6. The predicted molar refractivity (Wildman–Crippen MR) is 203 cm³/mol. The first-order valence-electron chi connectivity index (χ1n) is 17.0. The summed E-state index contributed by atoms with van der Waals surface area (Å²) in [6.07, 6.45) is -4.73. The van der Waals surface area contributed by atoms with E-state index in [2.05, 4.69) is 9.44 Å². The molecule has 6 aromatic rings. The monoisotopic (exact) mass is 806 g/mol. The fraction of sp³-hybridized carbons (Fsp3) is 0.0476. The summed E-state index contributed by atoms with van der Waals surface area (Å²) in [5, 5.41) is 0. The van der Waals surface area contributed by atoms with Crippen LogP contribution in [0.25, 0.3) is 11.1 Å². The van der Waals surface area contributed by atoms with Crippen molar-refractivity contribution in [3.05, 3.63) is 177 Å². The van der Waals surface area contributed by atoms with Crippen LogP contribution in [-0.2, 0) is 26.2 Å². The normalized spacial score (nSPS) is 13.7. The molecule has 0 saturated heterocycles. The van der Waals surface area contributed by atoms with Crippen LogP contribution in [0.2, 0.25) is 0 Å². The van der Waals surface area contributed by atoms with Gasteiger partial charge in [0.05, 0.1) is 37.9 Å². The van der Waals surface area contributed by atoms with Gasteiger partial charge in [0.25, 0.3) is 20.0 Å². The van der Waals surface area contributed by atoms with Gasteiger partial charge in [0.2, 0.25) is 0 Å². The van der Waals surface area contributed by atoms with Crippen LogP contribution in [0.3, 0.4) is 0 Å². The van der Waals surface area contributed by atoms with Crippen LogP contribution in [0, 0.1) is 6.92 Å². The van der Waals surface area contributed by atoms with Gasteiger partial charge in [-0.2, -0.15) is 13.2 Å². The summed E-state index contributed by atoms with van der Waals surface area (Å²) in [6.45, 7) is 1.77. The van der Waals surface area contributed by atoms with Crippen LogP contribution in [0.5, 0.6) is 0 Å². The number of halogens is 3. The largest absolute Gasteiger partial charge is 0.416 e. The number of ketones is 4. The molecule has 0 amide bonds. The van der Waals surface area contributed by atoms with Gasteiger partial charge in [-0.05, 0) is 66.6 Å². The van der Waals surface area contributed by atoms with Crippen molar-refractivity contribution in [3.63, 3.8) is 0 Å². The average Bonchev–Trinajstić information content (AvgIpc) is 3.18. The highest BCUT2D eigenvalue weighted by Crippen LogP contribution is 2.44. The zero-order valence-corrected chi connectivity index (χ0v) is 30.9. The number of hydrogen-bond donors (Lipinski definition) is 2. The minimum atomic E-state index is -4.73. The van der Waals surface area contributed by atoms with E-state index in [4.69, 9.17) is 0 Å². The van der Waals surface area contributed by atoms with E-state index in [0.29, 0.717) is 12.1 Å². The standard InChI is InChI=1S/C42H25F3N2O8S2/c1-22-10-14-24(15-11-22)56(52,53)46-32-20-18-26(34-36(32)40(50)30-8-4-2-6-28(30)38(34)48)27-19-21-33(37-35(27)39(49)29-7-3-5-9-31(29)41(37)51)47-57(54,55)25-16-12-23(13-17-25)42(43,44)45/h2-21,46-47H,1H3. The predicted octanol–water partition coefficient (Wildman–Crippen LogP) is 7.83. The van der Waals surface area contributed by atoms with Gasteiger partial charge in [0.15, 0.2) is 23.1 Å². The number of hydrogen-bond acceptors (Lipinski definition) is 8. The summed E-state index contributed by atoms with van der Waals surface area (Å²) in [5.41, 5.74) is -2.45. The Morgan fingerprint density at radius 3 is 1.11 bits per heavy atom. The number of sulfonamides is 2. The van der Waals surface area contributed by atoms with Crippen molar-refractivity contribution in [1.82, 2.24) is 0 Å². The van der Waals surface area contributed by atoms with Crippen molar-refractivity contribution in [1.29, 1.82) is 0 Å². The molecule has 0 spiro atoms. The third-order valence-electron chi connectivity index (χ3n) is 9.75. The molecule has 10 nitrogen and oxygen atoms in total. The highest BCUT2D eigenvalue weighted by molar-refractivity contribution is 7.93. The second kappa shape index (κ2) is 13.2. The summed E-state index contributed by atoms with van der Waals surface area (Å²) in [5.74, 6) is -2.91. The van der Waals surface area contributed by atoms with Gasteiger partial charge >= 0.3 is 6.18 Å². The van der Waals surface area contributed by atoms with Crippen LogP contribution in [0.1, 0.15) is 74.8 Å². The van der Waals surface area contributed by atoms with Crippen molar-refractivity contribution < 1.29 is 49.2 Å². The number of anilines is 2. The molecule has 2 N–H and O–H groups in total. The van der Waals surface area contributed by atoms with Crippen LogP contribution >= 0.6 is 0 Å². The number of carbonyl (C=O) groups excluding carboxylic acids is 4. The van der Waals surface area contributed by atoms with Gasteiger partial charge in [0.1, 0.15) is 0 Å². The maximum Gasteiger partial charge on any atom is 0.416 e.